The van der Waals surface area contributed by atoms with Crippen molar-refractivity contribution in [2.24, 2.45) is 0 Å². The molecular weight excluding hydrogens is 789 g/mol. The number of ether oxygens (including phenoxy) is 10. The molecule has 4 bridgehead atoms. The largest absolute Gasteiger partial charge is 0.394 e. The van der Waals surface area contributed by atoms with Crippen molar-refractivity contribution in [1.82, 2.24) is 0 Å². The highest BCUT2D eigenvalue weighted by molar-refractivity contribution is 5.23. The molecule has 3 heterocycles. The molecule has 1 N–H and O–H groups in total. The number of aliphatic hydroxyl groups is 1. The van der Waals surface area contributed by atoms with E-state index in [1.807, 2.05) is 140 Å². The van der Waals surface area contributed by atoms with Gasteiger partial charge in [-0.2, -0.15) is 0 Å². The summed E-state index contributed by atoms with van der Waals surface area (Å²) in [6, 6.07) is 47.8. The molecule has 0 aromatic heterocycles. The van der Waals surface area contributed by atoms with Crippen LogP contribution in [0.4, 0.5) is 0 Å². The third-order valence-electron chi connectivity index (χ3n) is 11.2. The minimum absolute atomic E-state index is 0.118. The number of fused-ring (bicyclic) bond motifs is 5. The van der Waals surface area contributed by atoms with E-state index in [2.05, 4.69) is 12.6 Å². The van der Waals surface area contributed by atoms with Crippen molar-refractivity contribution >= 4 is 0 Å². The molecule has 3 aliphatic heterocycles. The van der Waals surface area contributed by atoms with Gasteiger partial charge in [0.05, 0.1) is 59.5 Å². The summed E-state index contributed by atoms with van der Waals surface area (Å²) in [5.41, 5.74) is 5.75. The van der Waals surface area contributed by atoms with Crippen LogP contribution in [0.5, 0.6) is 0 Å². The maximum absolute atomic E-state index is 10.9. The first-order chi connectivity index (χ1) is 30.6. The number of benzene rings is 5. The van der Waals surface area contributed by atoms with Gasteiger partial charge in [0.15, 0.2) is 12.6 Å². The van der Waals surface area contributed by atoms with Gasteiger partial charge >= 0.3 is 0 Å². The second-order valence-corrected chi connectivity index (χ2v) is 15.6. The van der Waals surface area contributed by atoms with Crippen molar-refractivity contribution in [1.29, 1.82) is 0 Å². The Hall–Kier alpha value is -4.60. The first-order valence-electron chi connectivity index (χ1n) is 21.3. The van der Waals surface area contributed by atoms with Crippen LogP contribution in [-0.2, 0) is 87.0 Å². The third kappa shape index (κ3) is 11.7. The highest BCUT2D eigenvalue weighted by atomic mass is 16.8. The highest BCUT2D eigenvalue weighted by Crippen LogP contribution is 2.37. The lowest BCUT2D eigenvalue weighted by Crippen LogP contribution is -2.66. The number of hydrogen-bond donors (Lipinski definition) is 1. The topological polar surface area (TPSA) is 113 Å². The van der Waals surface area contributed by atoms with Crippen LogP contribution in [0, 0.1) is 0 Å². The Morgan fingerprint density at radius 2 is 1.06 bits per heavy atom. The fourth-order valence-electron chi connectivity index (χ4n) is 8.06. The summed E-state index contributed by atoms with van der Waals surface area (Å²) in [6.45, 7) is 5.34. The van der Waals surface area contributed by atoms with Crippen LogP contribution < -0.4 is 0 Å². The van der Waals surface area contributed by atoms with Gasteiger partial charge in [0.25, 0.3) is 0 Å². The number of hydrogen-bond acceptors (Lipinski definition) is 11. The fourth-order valence-corrected chi connectivity index (χ4v) is 8.06. The van der Waals surface area contributed by atoms with Crippen molar-refractivity contribution in [3.63, 3.8) is 0 Å². The fraction of sp³-hybridized carbons (Fsp3) is 0.373. The van der Waals surface area contributed by atoms with Crippen LogP contribution >= 0.6 is 0 Å². The molecule has 3 aliphatic rings. The molecule has 0 saturated carbocycles. The molecule has 62 heavy (non-hydrogen) atoms. The lowest BCUT2D eigenvalue weighted by molar-refractivity contribution is -0.377. The Kier molecular flexibility index (Phi) is 16.1. The first kappa shape index (κ1) is 44.0. The van der Waals surface area contributed by atoms with E-state index in [9.17, 15) is 5.11 Å². The van der Waals surface area contributed by atoms with Gasteiger partial charge in [0, 0.05) is 0 Å². The summed E-state index contributed by atoms with van der Waals surface area (Å²) in [4.78, 5) is 0. The maximum atomic E-state index is 10.9. The zero-order valence-corrected chi connectivity index (χ0v) is 34.8. The van der Waals surface area contributed by atoms with Gasteiger partial charge in [-0.15, -0.1) is 6.58 Å². The third-order valence-corrected chi connectivity index (χ3v) is 11.2. The van der Waals surface area contributed by atoms with Crippen LogP contribution in [0.2, 0.25) is 0 Å². The minimum atomic E-state index is -1.10. The van der Waals surface area contributed by atoms with Gasteiger partial charge in [0.2, 0.25) is 0 Å². The van der Waals surface area contributed by atoms with E-state index in [1.165, 1.54) is 0 Å². The smallest absolute Gasteiger partial charge is 0.187 e. The van der Waals surface area contributed by atoms with Crippen LogP contribution in [0.3, 0.4) is 0 Å². The average molecular weight is 845 g/mol. The van der Waals surface area contributed by atoms with Gasteiger partial charge in [-0.1, -0.05) is 152 Å². The van der Waals surface area contributed by atoms with E-state index in [-0.39, 0.29) is 52.9 Å². The molecule has 0 spiro atoms. The second-order valence-electron chi connectivity index (χ2n) is 15.6. The summed E-state index contributed by atoms with van der Waals surface area (Å²) >= 11 is 0. The van der Waals surface area contributed by atoms with Gasteiger partial charge in [-0.05, 0) is 33.4 Å². The molecule has 326 valence electrons. The predicted octanol–water partition coefficient (Wildman–Crippen LogP) is 7.47. The molecule has 0 amide bonds. The molecular formula is C51H56O11. The average Bonchev–Trinajstić information content (AvgIpc) is 3.32. The van der Waals surface area contributed by atoms with E-state index < -0.39 is 61.4 Å². The van der Waals surface area contributed by atoms with E-state index in [1.54, 1.807) is 6.08 Å². The molecule has 5 aromatic carbocycles. The molecule has 0 radical (unpaired) electrons. The lowest BCUT2D eigenvalue weighted by Gasteiger charge is -2.50. The Morgan fingerprint density at radius 1 is 0.532 bits per heavy atom. The quantitative estimate of drug-likeness (QED) is 0.0999. The van der Waals surface area contributed by atoms with Gasteiger partial charge in [0.1, 0.15) is 48.8 Å². The monoisotopic (exact) mass is 844 g/mol. The van der Waals surface area contributed by atoms with Crippen molar-refractivity contribution in [2.45, 2.75) is 101 Å². The van der Waals surface area contributed by atoms with E-state index in [4.69, 9.17) is 47.4 Å². The van der Waals surface area contributed by atoms with Crippen molar-refractivity contribution in [3.8, 4) is 0 Å². The summed E-state index contributed by atoms with van der Waals surface area (Å²) in [5, 5.41) is 10.9. The van der Waals surface area contributed by atoms with Crippen LogP contribution in [0.25, 0.3) is 0 Å². The normalized spacial score (nSPS) is 27.7. The molecule has 2 saturated heterocycles. The van der Waals surface area contributed by atoms with E-state index in [0.717, 1.165) is 33.4 Å². The molecule has 11 nitrogen and oxygen atoms in total. The van der Waals surface area contributed by atoms with Crippen LogP contribution in [0.1, 0.15) is 33.4 Å². The van der Waals surface area contributed by atoms with Crippen LogP contribution in [-0.4, -0.2) is 86.3 Å². The zero-order chi connectivity index (χ0) is 42.4. The zero-order valence-electron chi connectivity index (χ0n) is 34.8. The molecule has 11 heteroatoms. The van der Waals surface area contributed by atoms with Crippen molar-refractivity contribution in [3.05, 3.63) is 192 Å². The Bertz CT molecular complexity index is 2060. The standard InChI is InChI=1S/C51H56O11/c1-2-26-54-44-42(28-52)60-51-49(58-32-38-20-11-5-12-21-38)46(44)56-34-41-25-15-24-40(27-41)29-53-35-43-45(62-51)47(55-30-36-16-7-3-8-17-36)48(57-31-37-18-9-4-10-19-37)50(61-43)59-33-39-22-13-6-14-23-39/h2-25,27,42-52H,1,26,28-35H2/t42-,43-,44-,45-,46+,47+,48-,49-,50+,51-/m1/s1. The molecule has 8 rings (SSSR count). The summed E-state index contributed by atoms with van der Waals surface area (Å²) in [6.07, 6.45) is -6.75. The SMILES string of the molecule is C=CCO[C@H]1[C@@H]2OCc3cccc(c3)COC[C@H]3O[C@H](OCc4ccccc4)[C@H](OCc4ccccc4)[C@@H](OCc4ccccc4)[C@@H]3O[C@@H](O[C@@H]1CO)[C@@H]2OCc1ccccc1. The molecule has 0 aliphatic carbocycles. The minimum Gasteiger partial charge on any atom is -0.394 e. The number of rotatable bonds is 16. The molecule has 10 atom stereocenters. The Balaban J connectivity index is 1.20. The van der Waals surface area contributed by atoms with Gasteiger partial charge in [-0.25, -0.2) is 0 Å². The van der Waals surface area contributed by atoms with Crippen LogP contribution in [0.15, 0.2) is 158 Å². The Labute approximate surface area is 364 Å². The lowest BCUT2D eigenvalue weighted by atomic mass is 9.95. The van der Waals surface area contributed by atoms with Gasteiger partial charge < -0.3 is 52.5 Å². The summed E-state index contributed by atoms with van der Waals surface area (Å²) in [7, 11) is 0. The van der Waals surface area contributed by atoms with Gasteiger partial charge in [-0.3, -0.25) is 0 Å². The van der Waals surface area contributed by atoms with E-state index >= 15 is 0 Å². The van der Waals surface area contributed by atoms with Crippen molar-refractivity contribution in [2.75, 3.05) is 19.8 Å². The number of aliphatic hydroxyl groups excluding tert-OH is 1. The summed E-state index contributed by atoms with van der Waals surface area (Å²) in [5.74, 6) is 0. The molecule has 2 fully saturated rings. The maximum Gasteiger partial charge on any atom is 0.187 e. The predicted molar refractivity (Wildman–Crippen MR) is 230 cm³/mol. The Morgan fingerprint density at radius 3 is 1.63 bits per heavy atom. The van der Waals surface area contributed by atoms with Crippen molar-refractivity contribution < 1.29 is 52.5 Å². The van der Waals surface area contributed by atoms with E-state index in [0.29, 0.717) is 6.61 Å². The first-order valence-corrected chi connectivity index (χ1v) is 21.3. The molecule has 5 aromatic rings. The molecule has 0 unspecified atom stereocenters. The second kappa shape index (κ2) is 22.7. The highest BCUT2D eigenvalue weighted by Gasteiger charge is 2.54. The summed E-state index contributed by atoms with van der Waals surface area (Å²) < 4.78 is 67.8.